The summed E-state index contributed by atoms with van der Waals surface area (Å²) in [5.74, 6) is 0. The topological polar surface area (TPSA) is 124 Å². The van der Waals surface area contributed by atoms with Crippen molar-refractivity contribution in [3.05, 3.63) is 0 Å². The molecular formula is H7GaO7P2. The quantitative estimate of drug-likeness (QED) is 0.330. The summed E-state index contributed by atoms with van der Waals surface area (Å²) in [6.07, 6.45) is 0. The molecule has 0 atom stereocenters. The van der Waals surface area contributed by atoms with Crippen molar-refractivity contribution < 1.29 is 33.0 Å². The molecule has 0 radical (unpaired) electrons. The van der Waals surface area contributed by atoms with Gasteiger partial charge in [0.05, 0.1) is 0 Å². The molecule has 0 aliphatic rings. The molecule has 0 heterocycles. The summed E-state index contributed by atoms with van der Waals surface area (Å²) < 4.78 is 22.2. The number of hydrogen-bond acceptors (Lipinski definition) is 3. The predicted molar refractivity (Wildman–Crippen MR) is 35.1 cm³/mol. The molecule has 0 aromatic heterocycles. The van der Waals surface area contributed by atoms with Crippen molar-refractivity contribution in [2.24, 2.45) is 0 Å². The molecule has 0 spiro atoms. The summed E-state index contributed by atoms with van der Waals surface area (Å²) in [5.41, 5.74) is 0. The minimum absolute atomic E-state index is 0. The van der Waals surface area contributed by atoms with Crippen molar-refractivity contribution in [3.8, 4) is 0 Å². The van der Waals surface area contributed by atoms with Crippen molar-refractivity contribution in [3.63, 3.8) is 0 Å². The van der Waals surface area contributed by atoms with Gasteiger partial charge < -0.3 is 19.6 Å². The van der Waals surface area contributed by atoms with Crippen LogP contribution in [0.1, 0.15) is 0 Å². The molecule has 4 N–H and O–H groups in total. The predicted octanol–water partition coefficient (Wildman–Crippen LogP) is -2.00. The van der Waals surface area contributed by atoms with Crippen molar-refractivity contribution in [1.29, 1.82) is 0 Å². The first-order valence-corrected chi connectivity index (χ1v) is 4.59. The van der Waals surface area contributed by atoms with E-state index in [2.05, 4.69) is 4.31 Å². The molecule has 0 fully saturated rings. The van der Waals surface area contributed by atoms with E-state index >= 15 is 0 Å². The molecule has 0 aliphatic carbocycles. The Bertz CT molecular complexity index is 152. The summed E-state index contributed by atoms with van der Waals surface area (Å²) in [4.78, 5) is 31.0. The molecule has 0 saturated heterocycles. The maximum atomic E-state index is 9.63. The van der Waals surface area contributed by atoms with Crippen LogP contribution in [0.2, 0.25) is 0 Å². The molecule has 7 nitrogen and oxygen atoms in total. The van der Waals surface area contributed by atoms with E-state index in [0.29, 0.717) is 0 Å². The van der Waals surface area contributed by atoms with Gasteiger partial charge in [-0.2, -0.15) is 4.31 Å². The number of phosphoric acid groups is 2. The third kappa shape index (κ3) is 11.7. The minimum atomic E-state index is -5.05. The molecule has 0 rings (SSSR count). The fourth-order valence-electron chi connectivity index (χ4n) is 0.139. The Balaban J connectivity index is 0. The Hall–Kier alpha value is 0.896. The molecule has 0 saturated carbocycles. The third-order valence-corrected chi connectivity index (χ3v) is 1.91. The first-order chi connectivity index (χ1) is 3.71. The van der Waals surface area contributed by atoms with Crippen LogP contribution in [0, 0.1) is 0 Å². The summed E-state index contributed by atoms with van der Waals surface area (Å²) in [5, 5.41) is 0. The molecule has 10 heavy (non-hydrogen) atoms. The zero-order valence-electron chi connectivity index (χ0n) is 3.91. The van der Waals surface area contributed by atoms with Gasteiger partial charge in [0.2, 0.25) is 0 Å². The van der Waals surface area contributed by atoms with Gasteiger partial charge in [0.1, 0.15) is 0 Å². The SMILES string of the molecule is O=P(O)(O)OP(=O)(O)O.[GaH3]. The second kappa shape index (κ2) is 4.06. The molecule has 0 aromatic rings. The van der Waals surface area contributed by atoms with Gasteiger partial charge in [-0.25, -0.2) is 9.13 Å². The van der Waals surface area contributed by atoms with Gasteiger partial charge in [0.25, 0.3) is 0 Å². The molecular weight excluding hydrogens is 244 g/mol. The van der Waals surface area contributed by atoms with E-state index in [4.69, 9.17) is 19.6 Å². The molecule has 0 unspecified atom stereocenters. The van der Waals surface area contributed by atoms with Crippen LogP contribution in [0.5, 0.6) is 0 Å². The molecule has 0 aliphatic heterocycles. The summed E-state index contributed by atoms with van der Waals surface area (Å²) in [6, 6.07) is 0. The van der Waals surface area contributed by atoms with Crippen molar-refractivity contribution in [2.75, 3.05) is 0 Å². The zero-order valence-corrected chi connectivity index (χ0v) is 5.70. The first kappa shape index (κ1) is 13.5. The van der Waals surface area contributed by atoms with Crippen molar-refractivity contribution in [2.45, 2.75) is 0 Å². The summed E-state index contributed by atoms with van der Waals surface area (Å²) in [7, 11) is -10.1. The van der Waals surface area contributed by atoms with Crippen LogP contribution in [0.4, 0.5) is 0 Å². The third-order valence-electron chi connectivity index (χ3n) is 0.213. The van der Waals surface area contributed by atoms with Crippen LogP contribution >= 0.6 is 15.6 Å². The second-order valence-corrected chi connectivity index (χ2v) is 3.68. The fraction of sp³-hybridized carbons (Fsp3) is 0. The van der Waals surface area contributed by atoms with Crippen LogP contribution in [0.25, 0.3) is 0 Å². The van der Waals surface area contributed by atoms with E-state index in [1.54, 1.807) is 0 Å². The Kier molecular flexibility index (Phi) is 5.47. The van der Waals surface area contributed by atoms with E-state index in [9.17, 15) is 9.13 Å². The van der Waals surface area contributed by atoms with Gasteiger partial charge in [-0.3, -0.25) is 0 Å². The Morgan fingerprint density at radius 3 is 1.10 bits per heavy atom. The summed E-state index contributed by atoms with van der Waals surface area (Å²) >= 11 is 0. The van der Waals surface area contributed by atoms with Crippen LogP contribution in [0.15, 0.2) is 0 Å². The average Bonchev–Trinajstić information content (AvgIpc) is 1.14. The summed E-state index contributed by atoms with van der Waals surface area (Å²) in [6.45, 7) is 0. The standard InChI is InChI=1S/Ga.H4O7P2.3H/c;1-8(2,3)7-9(4,5)6;;;/h;(H2,1,2,3)(H2,4,5,6);;;. The van der Waals surface area contributed by atoms with Gasteiger partial charge >= 0.3 is 35.4 Å². The Morgan fingerprint density at radius 2 is 1.10 bits per heavy atom. The van der Waals surface area contributed by atoms with E-state index in [-0.39, 0.29) is 19.8 Å². The molecule has 0 aromatic carbocycles. The van der Waals surface area contributed by atoms with Gasteiger partial charge in [-0.1, -0.05) is 0 Å². The monoisotopic (exact) mass is 250 g/mol. The van der Waals surface area contributed by atoms with Crippen molar-refractivity contribution >= 4 is 35.4 Å². The zero-order chi connectivity index (χ0) is 7.71. The van der Waals surface area contributed by atoms with Crippen LogP contribution in [0.3, 0.4) is 0 Å². The van der Waals surface area contributed by atoms with Crippen LogP contribution in [-0.4, -0.2) is 39.4 Å². The normalized spacial score (nSPS) is 12.4. The Labute approximate surface area is 68.9 Å². The van der Waals surface area contributed by atoms with E-state index in [1.165, 1.54) is 0 Å². The van der Waals surface area contributed by atoms with E-state index in [0.717, 1.165) is 0 Å². The van der Waals surface area contributed by atoms with E-state index < -0.39 is 15.6 Å². The van der Waals surface area contributed by atoms with Crippen molar-refractivity contribution in [1.82, 2.24) is 0 Å². The van der Waals surface area contributed by atoms with Gasteiger partial charge in [0, 0.05) is 0 Å². The fourth-order valence-corrected chi connectivity index (χ4v) is 1.25. The molecule has 0 amide bonds. The second-order valence-electron chi connectivity index (χ2n) is 1.06. The van der Waals surface area contributed by atoms with Crippen LogP contribution in [-0.2, 0) is 13.4 Å². The van der Waals surface area contributed by atoms with Gasteiger partial charge in [-0.15, -0.1) is 0 Å². The molecule has 10 heteroatoms. The molecule has 0 bridgehead atoms. The van der Waals surface area contributed by atoms with E-state index in [1.807, 2.05) is 0 Å². The maximum absolute atomic E-state index is 9.63. The molecule has 62 valence electrons. The first-order valence-electron chi connectivity index (χ1n) is 1.53. The van der Waals surface area contributed by atoms with Gasteiger partial charge in [0.15, 0.2) is 0 Å². The number of hydrogen-bond donors (Lipinski definition) is 4. The Morgan fingerprint density at radius 1 is 0.900 bits per heavy atom. The average molecular weight is 251 g/mol. The van der Waals surface area contributed by atoms with Crippen LogP contribution < -0.4 is 0 Å². The van der Waals surface area contributed by atoms with Gasteiger partial charge in [-0.05, 0) is 0 Å². The number of rotatable bonds is 2.